The summed E-state index contributed by atoms with van der Waals surface area (Å²) in [4.78, 5) is 4.97. The maximum atomic E-state index is 3.66. The molecule has 0 saturated carbocycles. The smallest absolute Gasteiger partial charge is 0.0561 e. The van der Waals surface area contributed by atoms with Crippen LogP contribution in [0.2, 0.25) is 0 Å². The average molecular weight is 741 g/mol. The number of aryl methyl sites for hydroxylation is 4. The Bertz CT molecular complexity index is 1740. The maximum absolute atomic E-state index is 3.66. The summed E-state index contributed by atoms with van der Waals surface area (Å²) in [6.07, 6.45) is 8.02. The van der Waals surface area contributed by atoms with Gasteiger partial charge in [0.15, 0.2) is 0 Å². The molecular weight excluding hydrogens is 692 g/mol. The lowest BCUT2D eigenvalue weighted by Crippen LogP contribution is -2.32. The second-order valence-corrected chi connectivity index (χ2v) is 16.7. The SMILES string of the molecule is Cc1cc(C(C)(C)C)cc(C)c1N(C1=CCC(N(c2ccc(Br)cc2)c2c(C)cc(C(C)(C)C)cc2C)C=C1)c1ccc(Br)cc1. The van der Waals surface area contributed by atoms with Crippen molar-refractivity contribution in [2.24, 2.45) is 0 Å². The largest absolute Gasteiger partial charge is 0.334 e. The highest BCUT2D eigenvalue weighted by Gasteiger charge is 2.28. The lowest BCUT2D eigenvalue weighted by molar-refractivity contribution is 0.589. The second-order valence-electron chi connectivity index (χ2n) is 14.9. The number of halogens is 2. The molecule has 4 aromatic rings. The van der Waals surface area contributed by atoms with Gasteiger partial charge in [0.05, 0.1) is 11.7 Å². The molecule has 0 bridgehead atoms. The van der Waals surface area contributed by atoms with Crippen LogP contribution < -0.4 is 9.80 Å². The van der Waals surface area contributed by atoms with Crippen molar-refractivity contribution in [3.8, 4) is 0 Å². The van der Waals surface area contributed by atoms with Gasteiger partial charge in [0.2, 0.25) is 0 Å². The zero-order valence-corrected chi connectivity index (χ0v) is 32.3. The zero-order chi connectivity index (χ0) is 33.6. The van der Waals surface area contributed by atoms with Crippen molar-refractivity contribution < 1.29 is 0 Å². The number of hydrogen-bond acceptors (Lipinski definition) is 2. The monoisotopic (exact) mass is 738 g/mol. The van der Waals surface area contributed by atoms with Crippen molar-refractivity contribution in [3.05, 3.63) is 139 Å². The number of rotatable bonds is 6. The van der Waals surface area contributed by atoms with Crippen LogP contribution in [-0.2, 0) is 10.8 Å². The molecule has 2 nitrogen and oxygen atoms in total. The molecule has 0 N–H and O–H groups in total. The number of allylic oxidation sites excluding steroid dienone is 1. The molecule has 0 heterocycles. The highest BCUT2D eigenvalue weighted by atomic mass is 79.9. The fraction of sp³-hybridized carbons (Fsp3) is 0.333. The van der Waals surface area contributed by atoms with Gasteiger partial charge >= 0.3 is 0 Å². The molecule has 1 unspecified atom stereocenters. The average Bonchev–Trinajstić information content (AvgIpc) is 2.97. The van der Waals surface area contributed by atoms with E-state index in [4.69, 9.17) is 0 Å². The molecule has 0 aliphatic heterocycles. The molecule has 0 radical (unpaired) electrons. The van der Waals surface area contributed by atoms with Gasteiger partial charge in [-0.1, -0.05) is 110 Å². The topological polar surface area (TPSA) is 6.48 Å². The molecule has 46 heavy (non-hydrogen) atoms. The van der Waals surface area contributed by atoms with Gasteiger partial charge in [-0.3, -0.25) is 0 Å². The van der Waals surface area contributed by atoms with E-state index >= 15 is 0 Å². The molecular formula is C42H48Br2N2. The summed E-state index contributed by atoms with van der Waals surface area (Å²) >= 11 is 7.31. The maximum Gasteiger partial charge on any atom is 0.0561 e. The molecule has 4 aromatic carbocycles. The van der Waals surface area contributed by atoms with Crippen molar-refractivity contribution in [2.75, 3.05) is 9.80 Å². The van der Waals surface area contributed by atoms with Gasteiger partial charge in [-0.15, -0.1) is 0 Å². The molecule has 0 spiro atoms. The first-order valence-corrected chi connectivity index (χ1v) is 17.9. The van der Waals surface area contributed by atoms with Crippen molar-refractivity contribution in [1.82, 2.24) is 0 Å². The van der Waals surface area contributed by atoms with Gasteiger partial charge < -0.3 is 9.80 Å². The Kier molecular flexibility index (Phi) is 9.83. The Morgan fingerprint density at radius 2 is 1.00 bits per heavy atom. The molecule has 240 valence electrons. The normalized spacial score (nSPS) is 15.1. The van der Waals surface area contributed by atoms with Crippen molar-refractivity contribution in [2.45, 2.75) is 92.5 Å². The van der Waals surface area contributed by atoms with Crippen LogP contribution >= 0.6 is 31.9 Å². The summed E-state index contributed by atoms with van der Waals surface area (Å²) < 4.78 is 2.16. The molecule has 4 heteroatoms. The van der Waals surface area contributed by atoms with Crippen LogP contribution in [0.15, 0.2) is 106 Å². The zero-order valence-electron chi connectivity index (χ0n) is 29.1. The van der Waals surface area contributed by atoms with E-state index in [1.165, 1.54) is 56.1 Å². The minimum atomic E-state index is 0.0888. The number of hydrogen-bond donors (Lipinski definition) is 0. The highest BCUT2D eigenvalue weighted by Crippen LogP contribution is 2.42. The molecule has 0 fully saturated rings. The van der Waals surface area contributed by atoms with Gasteiger partial charge in [-0.05, 0) is 133 Å². The number of benzene rings is 4. The lowest BCUT2D eigenvalue weighted by Gasteiger charge is -2.38. The van der Waals surface area contributed by atoms with Crippen molar-refractivity contribution in [1.29, 1.82) is 0 Å². The van der Waals surface area contributed by atoms with E-state index in [9.17, 15) is 0 Å². The lowest BCUT2D eigenvalue weighted by atomic mass is 9.84. The van der Waals surface area contributed by atoms with Crippen LogP contribution in [0, 0.1) is 27.7 Å². The second kappa shape index (κ2) is 13.2. The number of anilines is 4. The Balaban J connectivity index is 1.60. The summed E-state index contributed by atoms with van der Waals surface area (Å²) in [5, 5.41) is 0. The third-order valence-corrected chi connectivity index (χ3v) is 10.1. The fourth-order valence-electron chi connectivity index (χ4n) is 6.55. The van der Waals surface area contributed by atoms with Crippen LogP contribution in [0.3, 0.4) is 0 Å². The van der Waals surface area contributed by atoms with Crippen LogP contribution in [0.4, 0.5) is 22.7 Å². The first kappa shape index (κ1) is 34.3. The van der Waals surface area contributed by atoms with Gasteiger partial charge in [0, 0.05) is 31.7 Å². The Labute approximate surface area is 294 Å². The van der Waals surface area contributed by atoms with Crippen LogP contribution in [0.5, 0.6) is 0 Å². The van der Waals surface area contributed by atoms with E-state index in [-0.39, 0.29) is 16.9 Å². The minimum Gasteiger partial charge on any atom is -0.334 e. The fourth-order valence-corrected chi connectivity index (χ4v) is 7.08. The Morgan fingerprint density at radius 3 is 1.39 bits per heavy atom. The van der Waals surface area contributed by atoms with E-state index in [0.29, 0.717) is 0 Å². The molecule has 1 aliphatic rings. The third kappa shape index (κ3) is 7.24. The standard InChI is InChI=1S/C42H48Br2N2/c1-27-23-31(41(5,6)7)24-28(2)39(27)45(35-15-11-33(43)12-16-35)37-19-21-38(22-20-37)46(36-17-13-34(44)14-18-36)40-29(3)25-32(26-30(40)4)42(8,9)10/h11-21,23-26,38H,22H2,1-10H3. The molecule has 0 amide bonds. The van der Waals surface area contributed by atoms with E-state index < -0.39 is 0 Å². The van der Waals surface area contributed by atoms with Crippen molar-refractivity contribution >= 4 is 54.6 Å². The molecule has 1 aliphatic carbocycles. The molecule has 0 aromatic heterocycles. The molecule has 0 saturated heterocycles. The van der Waals surface area contributed by atoms with Crippen LogP contribution in [-0.4, -0.2) is 6.04 Å². The Hall–Kier alpha value is -3.08. The van der Waals surface area contributed by atoms with E-state index in [0.717, 1.165) is 21.1 Å². The highest BCUT2D eigenvalue weighted by molar-refractivity contribution is 9.10. The predicted octanol–water partition coefficient (Wildman–Crippen LogP) is 13.2. The third-order valence-electron chi connectivity index (χ3n) is 9.02. The predicted molar refractivity (Wildman–Crippen MR) is 207 cm³/mol. The Morgan fingerprint density at radius 1 is 0.587 bits per heavy atom. The van der Waals surface area contributed by atoms with Gasteiger partial charge in [-0.25, -0.2) is 0 Å². The van der Waals surface area contributed by atoms with E-state index in [2.05, 4.69) is 202 Å². The molecule has 1 atom stereocenters. The number of nitrogens with zero attached hydrogens (tertiary/aromatic N) is 2. The summed E-state index contributed by atoms with van der Waals surface area (Å²) in [5.41, 5.74) is 14.2. The van der Waals surface area contributed by atoms with Crippen LogP contribution in [0.1, 0.15) is 81.3 Å². The van der Waals surface area contributed by atoms with Crippen LogP contribution in [0.25, 0.3) is 0 Å². The summed E-state index contributed by atoms with van der Waals surface area (Å²) in [6.45, 7) is 22.8. The van der Waals surface area contributed by atoms with E-state index in [1.54, 1.807) is 0 Å². The van der Waals surface area contributed by atoms with Gasteiger partial charge in [0.1, 0.15) is 0 Å². The van der Waals surface area contributed by atoms with E-state index in [1.807, 2.05) is 0 Å². The molecule has 5 rings (SSSR count). The van der Waals surface area contributed by atoms with Gasteiger partial charge in [0.25, 0.3) is 0 Å². The summed E-state index contributed by atoms with van der Waals surface area (Å²) in [7, 11) is 0. The van der Waals surface area contributed by atoms with Gasteiger partial charge in [-0.2, -0.15) is 0 Å². The quantitative estimate of drug-likeness (QED) is 0.194. The van der Waals surface area contributed by atoms with Crippen molar-refractivity contribution in [3.63, 3.8) is 0 Å². The summed E-state index contributed by atoms with van der Waals surface area (Å²) in [5.74, 6) is 0. The first-order valence-electron chi connectivity index (χ1n) is 16.3. The minimum absolute atomic E-state index is 0.0888. The summed E-state index contributed by atoms with van der Waals surface area (Å²) in [6, 6.07) is 27.1. The first-order chi connectivity index (χ1) is 21.5.